The Labute approximate surface area is 198 Å². The van der Waals surface area contributed by atoms with Crippen LogP contribution in [-0.2, 0) is 0 Å². The molecule has 0 aromatic heterocycles. The van der Waals surface area contributed by atoms with E-state index in [1.165, 1.54) is 0 Å². The molecule has 0 aromatic carbocycles. The van der Waals surface area contributed by atoms with E-state index in [1.54, 1.807) is 0 Å². The fraction of sp³-hybridized carbons (Fsp3) is 0.963. The lowest BCUT2D eigenvalue weighted by molar-refractivity contribution is -0.891. The lowest BCUT2D eigenvalue weighted by Crippen LogP contribution is -2.84. The molecule has 0 atom stereocenters. The zero-order valence-electron chi connectivity index (χ0n) is 25.4. The van der Waals surface area contributed by atoms with E-state index in [9.17, 15) is 0 Å². The Morgan fingerprint density at radius 1 is 0.633 bits per heavy atom. The largest absolute Gasteiger partial charge is 0.347 e. The summed E-state index contributed by atoms with van der Waals surface area (Å²) >= 11 is 0. The molecule has 0 aliphatic rings. The second-order valence-electron chi connectivity index (χ2n) is 7.68. The average Bonchev–Trinajstić information content (AvgIpc) is 2.68. The molecule has 3 nitrogen and oxygen atoms in total. The van der Waals surface area contributed by atoms with Gasteiger partial charge in [0.25, 0.3) is 0 Å². The van der Waals surface area contributed by atoms with Crippen molar-refractivity contribution in [1.82, 2.24) is 0 Å². The van der Waals surface area contributed by atoms with Crippen molar-refractivity contribution in [3.63, 3.8) is 0 Å². The van der Waals surface area contributed by atoms with E-state index in [2.05, 4.69) is 107 Å². The van der Waals surface area contributed by atoms with Gasteiger partial charge in [0.1, 0.15) is 18.3 Å². The molecule has 0 fully saturated rings. The van der Waals surface area contributed by atoms with Crippen molar-refractivity contribution in [3.05, 3.63) is 0 Å². The Kier molecular flexibility index (Phi) is 73.8. The molecule has 0 bridgehead atoms. The molecular weight excluding hydrogens is 366 g/mol. The monoisotopic (exact) mass is 441 g/mol. The molecule has 0 spiro atoms. The van der Waals surface area contributed by atoms with Gasteiger partial charge in [-0.1, -0.05) is 62.8 Å². The first kappa shape index (κ1) is 51.9. The highest BCUT2D eigenvalue weighted by Crippen LogP contribution is 1.97. The Balaban J connectivity index is -0.0000000346. The second kappa shape index (κ2) is 42.6. The van der Waals surface area contributed by atoms with Crippen LogP contribution in [0.4, 0.5) is 0 Å². The molecule has 0 rings (SSSR count). The summed E-state index contributed by atoms with van der Waals surface area (Å²) < 4.78 is 3.39. The zero-order valence-corrected chi connectivity index (χ0v) is 25.4. The van der Waals surface area contributed by atoms with Crippen molar-refractivity contribution < 1.29 is 14.4 Å². The van der Waals surface area contributed by atoms with Gasteiger partial charge in [0.2, 0.25) is 0 Å². The molecular formula is C27H74N3+3. The van der Waals surface area contributed by atoms with Gasteiger partial charge in [-0.3, -0.25) is 0 Å². The number of hydrogen-bond donors (Lipinski definition) is 1. The number of quaternary nitrogens is 2. The van der Waals surface area contributed by atoms with Gasteiger partial charge in [-0.25, -0.2) is 4.58 Å². The molecule has 0 aromatic rings. The van der Waals surface area contributed by atoms with Gasteiger partial charge in [0.15, 0.2) is 0 Å². The minimum Gasteiger partial charge on any atom is -0.347 e. The molecule has 0 aliphatic heterocycles. The van der Waals surface area contributed by atoms with Crippen LogP contribution in [0.15, 0.2) is 0 Å². The molecule has 0 saturated carbocycles. The topological polar surface area (TPSA) is 19.6 Å². The van der Waals surface area contributed by atoms with E-state index < -0.39 is 0 Å². The standard InChI is InChI=1S/C8H18N.C6H16N.C4H11N.4C2H6.CH4/c1-6-9(7(2)3)8(4)5;1-6(2)7(3,4)5;1-4(2)5-3;4*1-2;/h6-8H,1-5H3;6H,1-5H3;4-5H,1-3H3;4*1-2H3;1H4/q2*+1;;;;;;/p+1. The molecule has 0 aliphatic carbocycles. The molecule has 0 heterocycles. The zero-order chi connectivity index (χ0) is 25.8. The van der Waals surface area contributed by atoms with Crippen molar-refractivity contribution in [3.8, 4) is 0 Å². The van der Waals surface area contributed by atoms with Crippen LogP contribution in [0.2, 0.25) is 0 Å². The van der Waals surface area contributed by atoms with Gasteiger partial charge in [0.05, 0.1) is 40.3 Å². The van der Waals surface area contributed by atoms with Crippen LogP contribution in [-0.4, -0.2) is 67.6 Å². The molecule has 2 N–H and O–H groups in total. The molecule has 0 radical (unpaired) electrons. The third-order valence-corrected chi connectivity index (χ3v) is 3.71. The fourth-order valence-corrected chi connectivity index (χ4v) is 1.19. The molecule has 0 saturated heterocycles. The maximum atomic E-state index is 2.33. The highest BCUT2D eigenvalue weighted by atomic mass is 15.3. The van der Waals surface area contributed by atoms with Crippen molar-refractivity contribution in [2.45, 2.75) is 149 Å². The first-order chi connectivity index (χ1) is 13.3. The van der Waals surface area contributed by atoms with E-state index in [0.29, 0.717) is 12.1 Å². The van der Waals surface area contributed by atoms with Crippen molar-refractivity contribution in [2.24, 2.45) is 0 Å². The number of rotatable bonds is 4. The number of hydrogen-bond acceptors (Lipinski definition) is 0. The van der Waals surface area contributed by atoms with E-state index in [0.717, 1.165) is 16.6 Å². The molecule has 0 amide bonds. The maximum Gasteiger partial charge on any atom is 0.147 e. The summed E-state index contributed by atoms with van der Waals surface area (Å²) in [6.07, 6.45) is 2.15. The predicted molar refractivity (Wildman–Crippen MR) is 151 cm³/mol. The second-order valence-corrected chi connectivity index (χ2v) is 7.68. The molecule has 30 heavy (non-hydrogen) atoms. The first-order valence-electron chi connectivity index (χ1n) is 12.5. The summed E-state index contributed by atoms with van der Waals surface area (Å²) in [7, 11) is 8.67. The predicted octanol–water partition coefficient (Wildman–Crippen LogP) is 7.34. The van der Waals surface area contributed by atoms with Gasteiger partial charge < -0.3 is 9.80 Å². The third-order valence-electron chi connectivity index (χ3n) is 3.71. The lowest BCUT2D eigenvalue weighted by atomic mass is 10.3. The molecule has 0 unspecified atom stereocenters. The van der Waals surface area contributed by atoms with Gasteiger partial charge in [0, 0.05) is 6.92 Å². The van der Waals surface area contributed by atoms with Crippen LogP contribution in [0.5, 0.6) is 0 Å². The highest BCUT2D eigenvalue weighted by molar-refractivity contribution is 5.46. The fourth-order valence-electron chi connectivity index (χ4n) is 1.19. The molecule has 3 heteroatoms. The molecule has 194 valence electrons. The normalized spacial score (nSPS) is 8.57. The Morgan fingerprint density at radius 3 is 0.800 bits per heavy atom. The third kappa shape index (κ3) is 63.0. The smallest absolute Gasteiger partial charge is 0.147 e. The van der Waals surface area contributed by atoms with Gasteiger partial charge in [-0.05, 0) is 55.4 Å². The Morgan fingerprint density at radius 2 is 0.800 bits per heavy atom. The van der Waals surface area contributed by atoms with Crippen LogP contribution >= 0.6 is 0 Å². The Hall–Kier alpha value is -0.410. The summed E-state index contributed by atoms with van der Waals surface area (Å²) in [6, 6.07) is 2.76. The van der Waals surface area contributed by atoms with Gasteiger partial charge in [-0.15, -0.1) is 0 Å². The quantitative estimate of drug-likeness (QED) is 0.268. The van der Waals surface area contributed by atoms with Crippen LogP contribution in [0.25, 0.3) is 0 Å². The van der Waals surface area contributed by atoms with Crippen molar-refractivity contribution >= 4 is 6.21 Å². The van der Waals surface area contributed by atoms with Crippen molar-refractivity contribution in [2.75, 3.05) is 28.2 Å². The first-order valence-corrected chi connectivity index (χ1v) is 12.5. The van der Waals surface area contributed by atoms with Gasteiger partial charge in [-0.2, -0.15) is 0 Å². The lowest BCUT2D eigenvalue weighted by Gasteiger charge is -2.28. The van der Waals surface area contributed by atoms with Crippen LogP contribution in [0, 0.1) is 0 Å². The summed E-state index contributed by atoms with van der Waals surface area (Å²) in [6.45, 7) is 35.7. The van der Waals surface area contributed by atoms with E-state index in [4.69, 9.17) is 0 Å². The number of nitrogens with two attached hydrogens (primary N) is 1. The minimum absolute atomic E-state index is 0. The van der Waals surface area contributed by atoms with Crippen LogP contribution in [0.1, 0.15) is 125 Å². The van der Waals surface area contributed by atoms with E-state index in [1.807, 2.05) is 55.4 Å². The summed E-state index contributed by atoms with van der Waals surface area (Å²) in [4.78, 5) is 0. The maximum absolute atomic E-state index is 2.33. The summed E-state index contributed by atoms with van der Waals surface area (Å²) in [5.41, 5.74) is 0. The highest BCUT2D eigenvalue weighted by Gasteiger charge is 2.11. The average molecular weight is 441 g/mol. The summed E-state index contributed by atoms with van der Waals surface area (Å²) in [5.74, 6) is 0. The van der Waals surface area contributed by atoms with E-state index >= 15 is 0 Å². The minimum atomic E-state index is 0. The van der Waals surface area contributed by atoms with Crippen molar-refractivity contribution in [1.29, 1.82) is 0 Å². The summed E-state index contributed by atoms with van der Waals surface area (Å²) in [5, 5.41) is 2.17. The van der Waals surface area contributed by atoms with E-state index in [-0.39, 0.29) is 7.43 Å². The van der Waals surface area contributed by atoms with Crippen LogP contribution in [0.3, 0.4) is 0 Å². The number of nitrogens with zero attached hydrogens (tertiary/aromatic N) is 2. The van der Waals surface area contributed by atoms with Crippen LogP contribution < -0.4 is 5.32 Å². The Bertz CT molecular complexity index is 237. The SMILES string of the molecule is C.CC.CC.CC.CC.CC(C)[N+](C)(C)C.CC=[N+](C(C)C)C(C)C.C[NH2+]C(C)C. The van der Waals surface area contributed by atoms with Gasteiger partial charge >= 0.3 is 0 Å².